The predicted molar refractivity (Wildman–Crippen MR) is 75.3 cm³/mol. The van der Waals surface area contributed by atoms with Gasteiger partial charge in [0, 0.05) is 32.7 Å². The van der Waals surface area contributed by atoms with Gasteiger partial charge in [0.05, 0.1) is 5.92 Å². The summed E-state index contributed by atoms with van der Waals surface area (Å²) in [5.41, 5.74) is 2.13. The van der Waals surface area contributed by atoms with E-state index in [9.17, 15) is 4.79 Å². The fourth-order valence-electron chi connectivity index (χ4n) is 2.32. The van der Waals surface area contributed by atoms with Crippen LogP contribution in [0.3, 0.4) is 0 Å². The first kappa shape index (κ1) is 14.0. The van der Waals surface area contributed by atoms with Crippen molar-refractivity contribution in [2.45, 2.75) is 19.4 Å². The zero-order valence-electron chi connectivity index (χ0n) is 11.7. The van der Waals surface area contributed by atoms with E-state index in [1.165, 1.54) is 5.56 Å². The molecule has 0 amide bonds. The zero-order chi connectivity index (χ0) is 13.8. The smallest absolute Gasteiger partial charge is 0.310 e. The summed E-state index contributed by atoms with van der Waals surface area (Å²) < 4.78 is 0. The number of aliphatic carboxylic acids is 1. The predicted octanol–water partition coefficient (Wildman–Crippen LogP) is 1.62. The van der Waals surface area contributed by atoms with E-state index in [4.69, 9.17) is 5.11 Å². The van der Waals surface area contributed by atoms with Crippen molar-refractivity contribution in [1.82, 2.24) is 9.80 Å². The Morgan fingerprint density at radius 3 is 2.32 bits per heavy atom. The molecule has 1 aromatic carbocycles. The minimum atomic E-state index is -0.771. The second-order valence-electron chi connectivity index (χ2n) is 5.38. The topological polar surface area (TPSA) is 43.8 Å². The van der Waals surface area contributed by atoms with Crippen LogP contribution in [0.15, 0.2) is 24.3 Å². The van der Waals surface area contributed by atoms with Crippen LogP contribution >= 0.6 is 0 Å². The molecule has 4 heteroatoms. The Kier molecular flexibility index (Phi) is 4.56. The zero-order valence-corrected chi connectivity index (χ0v) is 11.7. The van der Waals surface area contributed by atoms with Crippen molar-refractivity contribution in [3.8, 4) is 0 Å². The second-order valence-corrected chi connectivity index (χ2v) is 5.38. The molecule has 19 heavy (non-hydrogen) atoms. The average Bonchev–Trinajstić information content (AvgIpc) is 2.41. The largest absolute Gasteiger partial charge is 0.481 e. The Balaban J connectivity index is 1.93. The van der Waals surface area contributed by atoms with Crippen LogP contribution in [0.5, 0.6) is 0 Å². The molecule has 0 saturated carbocycles. The molecule has 1 N–H and O–H groups in total. The lowest BCUT2D eigenvalue weighted by Crippen LogP contribution is -2.43. The molecular formula is C15H22N2O2. The van der Waals surface area contributed by atoms with Crippen LogP contribution in [-0.4, -0.2) is 54.1 Å². The number of carboxylic acid groups (broad SMARTS) is 1. The van der Waals surface area contributed by atoms with Crippen LogP contribution in [0.25, 0.3) is 0 Å². The van der Waals surface area contributed by atoms with Gasteiger partial charge in [-0.25, -0.2) is 0 Å². The number of carbonyl (C=O) groups is 1. The molecule has 0 aromatic heterocycles. The highest BCUT2D eigenvalue weighted by Crippen LogP contribution is 2.17. The maximum atomic E-state index is 10.9. The third-order valence-electron chi connectivity index (χ3n) is 3.85. The van der Waals surface area contributed by atoms with Gasteiger partial charge in [-0.3, -0.25) is 9.69 Å². The van der Waals surface area contributed by atoms with Crippen LogP contribution < -0.4 is 0 Å². The molecule has 1 fully saturated rings. The maximum absolute atomic E-state index is 10.9. The quantitative estimate of drug-likeness (QED) is 0.895. The Hall–Kier alpha value is -1.39. The first-order valence-corrected chi connectivity index (χ1v) is 6.79. The van der Waals surface area contributed by atoms with Crippen molar-refractivity contribution < 1.29 is 9.90 Å². The summed E-state index contributed by atoms with van der Waals surface area (Å²) >= 11 is 0. The molecule has 1 atom stereocenters. The molecule has 0 spiro atoms. The summed E-state index contributed by atoms with van der Waals surface area (Å²) in [6.45, 7) is 7.11. The molecule has 0 radical (unpaired) electrons. The molecule has 1 unspecified atom stereocenters. The van der Waals surface area contributed by atoms with Gasteiger partial charge in [0.15, 0.2) is 0 Å². The molecule has 1 aliphatic rings. The fourth-order valence-corrected chi connectivity index (χ4v) is 2.32. The van der Waals surface area contributed by atoms with E-state index in [0.717, 1.165) is 38.3 Å². The Morgan fingerprint density at radius 1 is 1.21 bits per heavy atom. The SMILES string of the molecule is CC(C(=O)O)c1ccc(CN2CCN(C)CC2)cc1. The van der Waals surface area contributed by atoms with Crippen molar-refractivity contribution in [3.05, 3.63) is 35.4 Å². The third kappa shape index (κ3) is 3.78. The Bertz CT molecular complexity index is 422. The molecule has 0 aliphatic carbocycles. The first-order valence-electron chi connectivity index (χ1n) is 6.79. The molecule has 1 aliphatic heterocycles. The van der Waals surface area contributed by atoms with Gasteiger partial charge in [0.2, 0.25) is 0 Å². The normalized spacial score (nSPS) is 19.3. The highest BCUT2D eigenvalue weighted by atomic mass is 16.4. The first-order chi connectivity index (χ1) is 9.06. The number of rotatable bonds is 4. The van der Waals surface area contributed by atoms with Gasteiger partial charge in [-0.2, -0.15) is 0 Å². The maximum Gasteiger partial charge on any atom is 0.310 e. The Morgan fingerprint density at radius 2 is 1.79 bits per heavy atom. The number of benzene rings is 1. The van der Waals surface area contributed by atoms with E-state index in [2.05, 4.69) is 16.8 Å². The highest BCUT2D eigenvalue weighted by molar-refractivity contribution is 5.75. The van der Waals surface area contributed by atoms with Gasteiger partial charge in [-0.1, -0.05) is 24.3 Å². The van der Waals surface area contributed by atoms with Crippen LogP contribution in [0.1, 0.15) is 24.0 Å². The summed E-state index contributed by atoms with van der Waals surface area (Å²) in [6.07, 6.45) is 0. The number of carboxylic acids is 1. The van der Waals surface area contributed by atoms with Gasteiger partial charge in [0.1, 0.15) is 0 Å². The number of nitrogens with zero attached hydrogens (tertiary/aromatic N) is 2. The second kappa shape index (κ2) is 6.17. The van der Waals surface area contributed by atoms with Crippen LogP contribution in [0, 0.1) is 0 Å². The lowest BCUT2D eigenvalue weighted by molar-refractivity contribution is -0.138. The third-order valence-corrected chi connectivity index (χ3v) is 3.85. The molecule has 1 aromatic rings. The summed E-state index contributed by atoms with van der Waals surface area (Å²) in [7, 11) is 2.15. The van der Waals surface area contributed by atoms with Crippen LogP contribution in [-0.2, 0) is 11.3 Å². The van der Waals surface area contributed by atoms with Gasteiger partial charge in [0.25, 0.3) is 0 Å². The van der Waals surface area contributed by atoms with E-state index in [1.807, 2.05) is 24.3 Å². The molecule has 1 saturated heterocycles. The number of hydrogen-bond donors (Lipinski definition) is 1. The van der Waals surface area contributed by atoms with Gasteiger partial charge in [-0.05, 0) is 25.1 Å². The van der Waals surface area contributed by atoms with E-state index in [-0.39, 0.29) is 0 Å². The summed E-state index contributed by atoms with van der Waals surface area (Å²) in [5.74, 6) is -1.20. The average molecular weight is 262 g/mol. The van der Waals surface area contributed by atoms with Crippen molar-refractivity contribution in [1.29, 1.82) is 0 Å². The number of likely N-dealkylation sites (N-methyl/N-ethyl adjacent to an activating group) is 1. The van der Waals surface area contributed by atoms with Gasteiger partial charge >= 0.3 is 5.97 Å². The van der Waals surface area contributed by atoms with E-state index < -0.39 is 11.9 Å². The molecule has 4 nitrogen and oxygen atoms in total. The van der Waals surface area contributed by atoms with Gasteiger partial charge < -0.3 is 10.0 Å². The Labute approximate surface area is 114 Å². The van der Waals surface area contributed by atoms with E-state index >= 15 is 0 Å². The summed E-state index contributed by atoms with van der Waals surface area (Å²) in [4.78, 5) is 15.7. The number of hydrogen-bond acceptors (Lipinski definition) is 3. The minimum absolute atomic E-state index is 0.433. The molecular weight excluding hydrogens is 240 g/mol. The standard InChI is InChI=1S/C15H22N2O2/c1-12(15(18)19)14-5-3-13(4-6-14)11-17-9-7-16(2)8-10-17/h3-6,12H,7-11H2,1-2H3,(H,18,19). The van der Waals surface area contributed by atoms with Crippen molar-refractivity contribution in [3.63, 3.8) is 0 Å². The lowest BCUT2D eigenvalue weighted by Gasteiger charge is -2.32. The molecule has 1 heterocycles. The van der Waals surface area contributed by atoms with E-state index in [0.29, 0.717) is 0 Å². The number of piperazine rings is 1. The molecule has 104 valence electrons. The minimum Gasteiger partial charge on any atom is -0.481 e. The monoisotopic (exact) mass is 262 g/mol. The molecule has 2 rings (SSSR count). The highest BCUT2D eigenvalue weighted by Gasteiger charge is 2.15. The summed E-state index contributed by atoms with van der Waals surface area (Å²) in [5, 5.41) is 8.98. The fraction of sp³-hybridized carbons (Fsp3) is 0.533. The van der Waals surface area contributed by atoms with Gasteiger partial charge in [-0.15, -0.1) is 0 Å². The van der Waals surface area contributed by atoms with Crippen LogP contribution in [0.4, 0.5) is 0 Å². The van der Waals surface area contributed by atoms with Crippen molar-refractivity contribution in [2.24, 2.45) is 0 Å². The van der Waals surface area contributed by atoms with Crippen molar-refractivity contribution >= 4 is 5.97 Å². The van der Waals surface area contributed by atoms with Crippen LogP contribution in [0.2, 0.25) is 0 Å². The van der Waals surface area contributed by atoms with E-state index in [1.54, 1.807) is 6.92 Å². The lowest BCUT2D eigenvalue weighted by atomic mass is 10.00. The van der Waals surface area contributed by atoms with Crippen molar-refractivity contribution in [2.75, 3.05) is 33.2 Å². The summed E-state index contributed by atoms with van der Waals surface area (Å²) in [6, 6.07) is 7.97. The molecule has 0 bridgehead atoms.